The Kier molecular flexibility index (Phi) is 1.37. The largest absolute Gasteiger partial charge is 0.299 e. The zero-order chi connectivity index (χ0) is 6.15. The van der Waals surface area contributed by atoms with Crippen molar-refractivity contribution in [2.45, 2.75) is 26.7 Å². The first-order valence-corrected chi connectivity index (χ1v) is 3.08. The molecule has 0 spiro atoms. The van der Waals surface area contributed by atoms with E-state index in [4.69, 9.17) is 0 Å². The summed E-state index contributed by atoms with van der Waals surface area (Å²) in [5, 5.41) is 0. The molecule has 45 valence electrons. The molecule has 8 heavy (non-hydrogen) atoms. The molecule has 0 aromatic rings. The molecule has 1 atom stereocenters. The van der Waals surface area contributed by atoms with Crippen molar-refractivity contribution in [2.24, 2.45) is 5.92 Å². The molecule has 0 N–H and O–H groups in total. The van der Waals surface area contributed by atoms with Gasteiger partial charge in [-0.3, -0.25) is 4.79 Å². The van der Waals surface area contributed by atoms with Gasteiger partial charge in [-0.1, -0.05) is 13.8 Å². The minimum atomic E-state index is 0.315. The highest BCUT2D eigenvalue weighted by Gasteiger charge is 2.27. The summed E-state index contributed by atoms with van der Waals surface area (Å²) in [6, 6.07) is 0. The Hall–Kier alpha value is -0.330. The summed E-state index contributed by atoms with van der Waals surface area (Å²) in [4.78, 5) is 10.9. The maximum atomic E-state index is 10.9. The molecule has 1 unspecified atom stereocenters. The SMILES string of the molecule is C[C]1CCC(C)C1=O. The van der Waals surface area contributed by atoms with E-state index in [0.29, 0.717) is 11.7 Å². The summed E-state index contributed by atoms with van der Waals surface area (Å²) in [5.74, 6) is 1.76. The average molecular weight is 111 g/mol. The monoisotopic (exact) mass is 111 g/mol. The van der Waals surface area contributed by atoms with Crippen LogP contribution in [-0.2, 0) is 4.79 Å². The number of Topliss-reactive ketones (excluding diaryl/α,β-unsaturated/α-hetero) is 1. The first-order chi connectivity index (χ1) is 3.72. The molecule has 0 bridgehead atoms. The summed E-state index contributed by atoms with van der Waals surface area (Å²) in [7, 11) is 0. The van der Waals surface area contributed by atoms with Crippen LogP contribution in [0.4, 0.5) is 0 Å². The molecule has 1 rings (SSSR count). The molecule has 0 amide bonds. The molecular weight excluding hydrogens is 100 g/mol. The summed E-state index contributed by atoms with van der Waals surface area (Å²) in [5.41, 5.74) is 0. The van der Waals surface area contributed by atoms with Crippen LogP contribution < -0.4 is 0 Å². The van der Waals surface area contributed by atoms with E-state index in [1.807, 2.05) is 13.8 Å². The van der Waals surface area contributed by atoms with Crippen LogP contribution in [0.5, 0.6) is 0 Å². The maximum absolute atomic E-state index is 10.9. The molecule has 1 aliphatic rings. The Balaban J connectivity index is 2.57. The third-order valence-electron chi connectivity index (χ3n) is 1.82. The predicted molar refractivity (Wildman–Crippen MR) is 32.3 cm³/mol. The van der Waals surface area contributed by atoms with Crippen LogP contribution >= 0.6 is 0 Å². The van der Waals surface area contributed by atoms with Crippen molar-refractivity contribution >= 4 is 5.78 Å². The molecule has 1 radical (unpaired) electrons. The van der Waals surface area contributed by atoms with Gasteiger partial charge in [0.05, 0.1) is 0 Å². The zero-order valence-corrected chi connectivity index (χ0v) is 5.40. The fourth-order valence-corrected chi connectivity index (χ4v) is 1.11. The lowest BCUT2D eigenvalue weighted by Gasteiger charge is -1.95. The smallest absolute Gasteiger partial charge is 0.142 e. The molecule has 0 saturated heterocycles. The Labute approximate surface area is 50.1 Å². The van der Waals surface area contributed by atoms with Gasteiger partial charge in [0, 0.05) is 11.8 Å². The van der Waals surface area contributed by atoms with Crippen LogP contribution in [0.1, 0.15) is 26.7 Å². The van der Waals surface area contributed by atoms with Gasteiger partial charge >= 0.3 is 0 Å². The third kappa shape index (κ3) is 0.770. The first-order valence-electron chi connectivity index (χ1n) is 3.08. The van der Waals surface area contributed by atoms with Crippen LogP contribution in [0, 0.1) is 11.8 Å². The van der Waals surface area contributed by atoms with Gasteiger partial charge in [0.2, 0.25) is 0 Å². The predicted octanol–water partition coefficient (Wildman–Crippen LogP) is 1.58. The Morgan fingerprint density at radius 2 is 2.25 bits per heavy atom. The van der Waals surface area contributed by atoms with Crippen LogP contribution in [0.2, 0.25) is 0 Å². The molecule has 0 aromatic carbocycles. The van der Waals surface area contributed by atoms with Gasteiger partial charge in [0.25, 0.3) is 0 Å². The van der Waals surface area contributed by atoms with E-state index >= 15 is 0 Å². The highest BCUT2D eigenvalue weighted by molar-refractivity contribution is 5.95. The number of rotatable bonds is 0. The second-order valence-electron chi connectivity index (χ2n) is 2.58. The molecular formula is C7H11O. The molecule has 1 fully saturated rings. The normalized spacial score (nSPS) is 31.8. The van der Waals surface area contributed by atoms with Gasteiger partial charge in [0.15, 0.2) is 0 Å². The van der Waals surface area contributed by atoms with E-state index in [9.17, 15) is 4.79 Å². The summed E-state index contributed by atoms with van der Waals surface area (Å²) >= 11 is 0. The fourth-order valence-electron chi connectivity index (χ4n) is 1.11. The Morgan fingerprint density at radius 1 is 1.62 bits per heavy atom. The van der Waals surface area contributed by atoms with Crippen LogP contribution in [0.25, 0.3) is 0 Å². The highest BCUT2D eigenvalue weighted by Crippen LogP contribution is 2.27. The van der Waals surface area contributed by atoms with E-state index in [0.717, 1.165) is 18.8 Å². The number of hydrogen-bond acceptors (Lipinski definition) is 1. The van der Waals surface area contributed by atoms with Crippen molar-refractivity contribution in [1.82, 2.24) is 0 Å². The molecule has 1 nitrogen and oxygen atoms in total. The quantitative estimate of drug-likeness (QED) is 0.464. The zero-order valence-electron chi connectivity index (χ0n) is 5.40. The van der Waals surface area contributed by atoms with Crippen molar-refractivity contribution in [3.05, 3.63) is 5.92 Å². The molecule has 0 aromatic heterocycles. The second-order valence-corrected chi connectivity index (χ2v) is 2.58. The lowest BCUT2D eigenvalue weighted by molar-refractivity contribution is -0.118. The molecule has 1 aliphatic carbocycles. The number of ketones is 1. The second kappa shape index (κ2) is 1.88. The summed E-state index contributed by atoms with van der Waals surface area (Å²) in [6.45, 7) is 3.94. The minimum Gasteiger partial charge on any atom is -0.299 e. The van der Waals surface area contributed by atoms with Crippen LogP contribution in [0.15, 0.2) is 0 Å². The van der Waals surface area contributed by atoms with E-state index in [1.54, 1.807) is 0 Å². The van der Waals surface area contributed by atoms with Gasteiger partial charge in [-0.15, -0.1) is 0 Å². The van der Waals surface area contributed by atoms with Gasteiger partial charge in [0.1, 0.15) is 5.78 Å². The lowest BCUT2D eigenvalue weighted by Crippen LogP contribution is -2.05. The number of carbonyl (C=O) groups excluding carboxylic acids is 1. The van der Waals surface area contributed by atoms with Crippen molar-refractivity contribution in [3.63, 3.8) is 0 Å². The van der Waals surface area contributed by atoms with Gasteiger partial charge in [-0.25, -0.2) is 0 Å². The van der Waals surface area contributed by atoms with Crippen molar-refractivity contribution < 1.29 is 4.79 Å². The number of hydrogen-bond donors (Lipinski definition) is 0. The van der Waals surface area contributed by atoms with Crippen molar-refractivity contribution in [1.29, 1.82) is 0 Å². The Morgan fingerprint density at radius 3 is 2.38 bits per heavy atom. The van der Waals surface area contributed by atoms with Gasteiger partial charge < -0.3 is 0 Å². The Bertz CT molecular complexity index is 95.0. The van der Waals surface area contributed by atoms with E-state index in [1.165, 1.54) is 0 Å². The van der Waals surface area contributed by atoms with E-state index < -0.39 is 0 Å². The third-order valence-corrected chi connectivity index (χ3v) is 1.82. The van der Waals surface area contributed by atoms with E-state index in [2.05, 4.69) is 0 Å². The molecule has 1 heteroatoms. The van der Waals surface area contributed by atoms with Crippen LogP contribution in [-0.4, -0.2) is 5.78 Å². The maximum Gasteiger partial charge on any atom is 0.142 e. The summed E-state index contributed by atoms with van der Waals surface area (Å²) < 4.78 is 0. The standard InChI is InChI=1S/C7H11O/c1-5-3-4-6(2)7(5)8/h5H,3-4H2,1-2H3. The van der Waals surface area contributed by atoms with Gasteiger partial charge in [-0.05, 0) is 12.8 Å². The average Bonchev–Trinajstić information content (AvgIpc) is 1.98. The van der Waals surface area contributed by atoms with Crippen molar-refractivity contribution in [3.8, 4) is 0 Å². The lowest BCUT2D eigenvalue weighted by atomic mass is 10.1. The molecule has 1 saturated carbocycles. The van der Waals surface area contributed by atoms with Gasteiger partial charge in [-0.2, -0.15) is 0 Å². The number of carbonyl (C=O) groups is 1. The topological polar surface area (TPSA) is 17.1 Å². The molecule has 0 aliphatic heterocycles. The van der Waals surface area contributed by atoms with Crippen LogP contribution in [0.3, 0.4) is 0 Å². The first kappa shape index (κ1) is 5.80. The fraction of sp³-hybridized carbons (Fsp3) is 0.714. The van der Waals surface area contributed by atoms with Crippen molar-refractivity contribution in [2.75, 3.05) is 0 Å². The minimum absolute atomic E-state index is 0.315. The van der Waals surface area contributed by atoms with E-state index in [-0.39, 0.29) is 0 Å². The highest BCUT2D eigenvalue weighted by atomic mass is 16.1. The summed E-state index contributed by atoms with van der Waals surface area (Å²) in [6.07, 6.45) is 2.10. The molecule has 0 heterocycles.